The number of aromatic nitrogens is 1. The van der Waals surface area contributed by atoms with Crippen LogP contribution in [0, 0.1) is 11.8 Å². The third kappa shape index (κ3) is 7.85. The lowest BCUT2D eigenvalue weighted by Crippen LogP contribution is -2.36. The number of fused-ring (bicyclic) bond motifs is 3. The average Bonchev–Trinajstić information content (AvgIpc) is 3.57. The molecule has 0 saturated heterocycles. The lowest BCUT2D eigenvalue weighted by molar-refractivity contribution is -0.149. The van der Waals surface area contributed by atoms with E-state index in [9.17, 15) is 24.3 Å². The quantitative estimate of drug-likeness (QED) is 0.532. The molecule has 2 aliphatic heterocycles. The van der Waals surface area contributed by atoms with Gasteiger partial charge in [0.15, 0.2) is 5.69 Å². The predicted octanol–water partition coefficient (Wildman–Crippen LogP) is 2.66. The molecule has 0 saturated carbocycles. The smallest absolute Gasteiger partial charge is 0.355 e. The number of Topliss-reactive ketones (excluding diaryl/α,β-unsaturated/α-hetero) is 1. The Hall–Kier alpha value is -3.79. The van der Waals surface area contributed by atoms with Crippen molar-refractivity contribution in [2.75, 3.05) is 13.1 Å². The Balaban J connectivity index is 1.92. The highest BCUT2D eigenvalue weighted by molar-refractivity contribution is 6.00. The number of carbonyl (C=O) groups excluding carboxylic acids is 4. The van der Waals surface area contributed by atoms with Crippen LogP contribution in [0.4, 0.5) is 0 Å². The zero-order valence-corrected chi connectivity index (χ0v) is 22.0. The molecule has 0 unspecified atom stereocenters. The number of ketones is 1. The van der Waals surface area contributed by atoms with Gasteiger partial charge in [-0.15, -0.1) is 0 Å². The molecule has 3 atom stereocenters. The molecule has 0 fully saturated rings. The van der Waals surface area contributed by atoms with Gasteiger partial charge in [-0.1, -0.05) is 56.7 Å². The van der Waals surface area contributed by atoms with Gasteiger partial charge in [-0.2, -0.15) is 0 Å². The van der Waals surface area contributed by atoms with E-state index in [1.165, 1.54) is 17.1 Å². The van der Waals surface area contributed by atoms with Gasteiger partial charge in [-0.05, 0) is 25.3 Å². The van der Waals surface area contributed by atoms with Crippen molar-refractivity contribution in [1.29, 1.82) is 0 Å². The SMILES string of the molecule is [2H]C1([2H])C(=O)Cc2nc(co2)C(=O)N2CCC=C2C(=O)O[C@H](C(C)C)[C@H](C)/C=C/C(=O)NC/C=C/C(C)=C/[C@H]1O. The maximum Gasteiger partial charge on any atom is 0.355 e. The number of nitrogens with one attached hydrogen (secondary N) is 1. The Morgan fingerprint density at radius 2 is 2.00 bits per heavy atom. The molecular formula is C28H35N3O7. The lowest BCUT2D eigenvalue weighted by atomic mass is 9.94. The van der Waals surface area contributed by atoms with Crippen LogP contribution in [0.15, 0.2) is 58.4 Å². The highest BCUT2D eigenvalue weighted by Crippen LogP contribution is 2.24. The van der Waals surface area contributed by atoms with Gasteiger partial charge in [0, 0.05) is 28.1 Å². The maximum atomic E-state index is 13.2. The first-order chi connectivity index (χ1) is 18.8. The Bertz CT molecular complexity index is 1260. The molecule has 3 heterocycles. The number of ether oxygens (including phenoxy) is 1. The minimum Gasteiger partial charge on any atom is -0.457 e. The van der Waals surface area contributed by atoms with Crippen molar-refractivity contribution >= 4 is 23.6 Å². The summed E-state index contributed by atoms with van der Waals surface area (Å²) in [6, 6.07) is 0. The van der Waals surface area contributed by atoms with Crippen LogP contribution in [0.3, 0.4) is 0 Å². The van der Waals surface area contributed by atoms with E-state index in [0.717, 1.165) is 6.26 Å². The van der Waals surface area contributed by atoms with Crippen molar-refractivity contribution in [3.8, 4) is 0 Å². The minimum atomic E-state index is -2.67. The van der Waals surface area contributed by atoms with Crippen molar-refractivity contribution in [2.24, 2.45) is 11.8 Å². The molecule has 0 spiro atoms. The third-order valence-corrected chi connectivity index (χ3v) is 5.99. The summed E-state index contributed by atoms with van der Waals surface area (Å²) in [6.07, 6.45) is 4.84. The van der Waals surface area contributed by atoms with Crippen molar-refractivity contribution < 1.29 is 36.2 Å². The van der Waals surface area contributed by atoms with Crippen molar-refractivity contribution in [2.45, 2.75) is 59.1 Å². The molecule has 3 rings (SSSR count). The van der Waals surface area contributed by atoms with E-state index in [1.54, 1.807) is 31.2 Å². The molecule has 2 bridgehead atoms. The largest absolute Gasteiger partial charge is 0.457 e. The van der Waals surface area contributed by atoms with Gasteiger partial charge in [-0.25, -0.2) is 9.78 Å². The minimum absolute atomic E-state index is 0.0528. The van der Waals surface area contributed by atoms with Gasteiger partial charge in [0.25, 0.3) is 5.91 Å². The van der Waals surface area contributed by atoms with Gasteiger partial charge in [0.1, 0.15) is 23.8 Å². The predicted molar refractivity (Wildman–Crippen MR) is 139 cm³/mol. The van der Waals surface area contributed by atoms with Crippen LogP contribution in [0.25, 0.3) is 0 Å². The second kappa shape index (κ2) is 13.1. The molecule has 2 amide bonds. The molecule has 0 aliphatic carbocycles. The Kier molecular flexibility index (Phi) is 8.93. The first-order valence-corrected chi connectivity index (χ1v) is 12.5. The lowest BCUT2D eigenvalue weighted by Gasteiger charge is -2.27. The third-order valence-electron chi connectivity index (χ3n) is 5.99. The van der Waals surface area contributed by atoms with Gasteiger partial charge in [0.2, 0.25) is 11.8 Å². The number of oxazole rings is 1. The van der Waals surface area contributed by atoms with E-state index in [2.05, 4.69) is 10.3 Å². The monoisotopic (exact) mass is 527 g/mol. The molecule has 1 aromatic rings. The number of allylic oxidation sites excluding steroid dienone is 2. The highest BCUT2D eigenvalue weighted by atomic mass is 16.5. The van der Waals surface area contributed by atoms with E-state index in [-0.39, 0.29) is 48.1 Å². The fourth-order valence-corrected chi connectivity index (χ4v) is 4.14. The molecule has 10 heteroatoms. The van der Waals surface area contributed by atoms with Crippen molar-refractivity contribution in [3.63, 3.8) is 0 Å². The van der Waals surface area contributed by atoms with Crippen LogP contribution in [-0.4, -0.2) is 63.9 Å². The van der Waals surface area contributed by atoms with Crippen molar-refractivity contribution in [1.82, 2.24) is 15.2 Å². The molecule has 38 heavy (non-hydrogen) atoms. The first kappa shape index (κ1) is 25.8. The fourth-order valence-electron chi connectivity index (χ4n) is 4.14. The van der Waals surface area contributed by atoms with Crippen molar-refractivity contribution in [3.05, 3.63) is 65.6 Å². The van der Waals surface area contributed by atoms with Gasteiger partial charge in [-0.3, -0.25) is 14.4 Å². The van der Waals surface area contributed by atoms with Gasteiger partial charge < -0.3 is 24.5 Å². The number of esters is 1. The van der Waals surface area contributed by atoms with E-state index < -0.39 is 42.7 Å². The number of amides is 2. The average molecular weight is 528 g/mol. The molecule has 0 radical (unpaired) electrons. The van der Waals surface area contributed by atoms with Crippen LogP contribution < -0.4 is 5.32 Å². The molecule has 0 aromatic carbocycles. The summed E-state index contributed by atoms with van der Waals surface area (Å²) in [5.41, 5.74) is 0.365. The van der Waals surface area contributed by atoms with Crippen LogP contribution in [-0.2, 0) is 25.5 Å². The zero-order valence-electron chi connectivity index (χ0n) is 24.0. The number of cyclic esters (lactones) is 1. The Morgan fingerprint density at radius 1 is 1.24 bits per heavy atom. The van der Waals surface area contributed by atoms with Crippen LogP contribution >= 0.6 is 0 Å². The molecule has 2 N–H and O–H groups in total. The summed E-state index contributed by atoms with van der Waals surface area (Å²) in [7, 11) is 0. The summed E-state index contributed by atoms with van der Waals surface area (Å²) in [5, 5.41) is 13.1. The number of carbonyl (C=O) groups is 4. The van der Waals surface area contributed by atoms with Crippen LogP contribution in [0.2, 0.25) is 0 Å². The summed E-state index contributed by atoms with van der Waals surface area (Å²) >= 11 is 0. The number of hydrogen-bond acceptors (Lipinski definition) is 8. The Labute approximate surface area is 224 Å². The van der Waals surface area contributed by atoms with E-state index in [4.69, 9.17) is 11.9 Å². The topological polar surface area (TPSA) is 139 Å². The number of nitrogens with zero attached hydrogens (tertiary/aromatic N) is 2. The van der Waals surface area contributed by atoms with Gasteiger partial charge >= 0.3 is 5.97 Å². The highest BCUT2D eigenvalue weighted by Gasteiger charge is 2.33. The molecule has 2 aliphatic rings. The number of hydrogen-bond donors (Lipinski definition) is 2. The fraction of sp³-hybridized carbons (Fsp3) is 0.464. The van der Waals surface area contributed by atoms with Gasteiger partial charge in [0.05, 0.1) is 12.5 Å². The van der Waals surface area contributed by atoms with Crippen LogP contribution in [0.5, 0.6) is 0 Å². The summed E-state index contributed by atoms with van der Waals surface area (Å²) in [4.78, 5) is 56.5. The van der Waals surface area contributed by atoms with E-state index >= 15 is 0 Å². The standard InChI is InChI=1S/C28H35N3O7/c1-17(2)26-19(4)9-10-24(34)29-11-5-7-18(3)13-20(32)14-21(33)15-25-30-22(16-37-25)27(35)31-12-6-8-23(31)28(36)38-26/h5,7-10,13,16-17,19-20,26,32H,6,11-12,14-15H2,1-4H3,(H,29,34)/b7-5+,10-9+,18-13+/t19-,20-,26-/m1/s1/i14D2. The number of aliphatic hydroxyl groups is 1. The van der Waals surface area contributed by atoms with E-state index in [0.29, 0.717) is 12.0 Å². The van der Waals surface area contributed by atoms with Crippen LogP contribution in [0.1, 0.15) is 59.6 Å². The molecule has 204 valence electrons. The molecule has 1 aromatic heterocycles. The second-order valence-corrected chi connectivity index (χ2v) is 9.54. The molecule has 10 nitrogen and oxygen atoms in total. The van der Waals surface area contributed by atoms with E-state index in [1.807, 2.05) is 20.8 Å². The zero-order chi connectivity index (χ0) is 29.6. The summed E-state index contributed by atoms with van der Waals surface area (Å²) < 4.78 is 27.3. The maximum absolute atomic E-state index is 13.2. The summed E-state index contributed by atoms with van der Waals surface area (Å²) in [5.74, 6) is -3.29. The number of rotatable bonds is 1. The second-order valence-electron chi connectivity index (χ2n) is 9.54. The summed E-state index contributed by atoms with van der Waals surface area (Å²) in [6.45, 7) is 7.59. The number of aliphatic hydroxyl groups excluding tert-OH is 1. The Morgan fingerprint density at radius 3 is 2.74 bits per heavy atom. The molecular weight excluding hydrogens is 490 g/mol. The normalized spacial score (nSPS) is 29.7. The first-order valence-electron chi connectivity index (χ1n) is 13.5.